The molecule has 2 rings (SSSR count). The van der Waals surface area contributed by atoms with Gasteiger partial charge in [-0.3, -0.25) is 4.79 Å². The first-order valence-corrected chi connectivity index (χ1v) is 6.85. The summed E-state index contributed by atoms with van der Waals surface area (Å²) < 4.78 is 5.53. The standard InChI is InChI=1S/C14H18N2O2S/c1-2-12-11(6-7-18-12)14(17)16-10-5-3-4-9(8-10)13(15)19/h3-5,8,11-12H,2,6-7H2,1H3,(H2,15,19)(H,16,17). The number of hydrogen-bond acceptors (Lipinski definition) is 3. The third-order valence-electron chi connectivity index (χ3n) is 3.36. The van der Waals surface area contributed by atoms with E-state index >= 15 is 0 Å². The van der Waals surface area contributed by atoms with Gasteiger partial charge in [0.05, 0.1) is 12.0 Å². The lowest BCUT2D eigenvalue weighted by Gasteiger charge is -2.16. The second-order valence-corrected chi connectivity index (χ2v) is 5.09. The van der Waals surface area contributed by atoms with Gasteiger partial charge < -0.3 is 15.8 Å². The predicted molar refractivity (Wildman–Crippen MR) is 79.1 cm³/mol. The van der Waals surface area contributed by atoms with Crippen molar-refractivity contribution in [1.29, 1.82) is 0 Å². The summed E-state index contributed by atoms with van der Waals surface area (Å²) in [7, 11) is 0. The fraction of sp³-hybridized carbons (Fsp3) is 0.429. The minimum absolute atomic E-state index is 0.00411. The fourth-order valence-electron chi connectivity index (χ4n) is 2.34. The Labute approximate surface area is 118 Å². The van der Waals surface area contributed by atoms with Crippen LogP contribution in [0.25, 0.3) is 0 Å². The zero-order valence-corrected chi connectivity index (χ0v) is 11.7. The van der Waals surface area contributed by atoms with Crippen molar-refractivity contribution in [1.82, 2.24) is 0 Å². The molecule has 0 radical (unpaired) electrons. The van der Waals surface area contributed by atoms with Gasteiger partial charge in [-0.2, -0.15) is 0 Å². The minimum atomic E-state index is -0.0708. The predicted octanol–water partition coefficient (Wildman–Crippen LogP) is 2.07. The molecule has 2 unspecified atom stereocenters. The fourth-order valence-corrected chi connectivity index (χ4v) is 2.46. The maximum Gasteiger partial charge on any atom is 0.230 e. The lowest BCUT2D eigenvalue weighted by Crippen LogP contribution is -2.29. The smallest absolute Gasteiger partial charge is 0.230 e. The highest BCUT2D eigenvalue weighted by Gasteiger charge is 2.32. The number of hydrogen-bond donors (Lipinski definition) is 2. The third kappa shape index (κ3) is 3.30. The van der Waals surface area contributed by atoms with Gasteiger partial charge >= 0.3 is 0 Å². The summed E-state index contributed by atoms with van der Waals surface area (Å²) in [4.78, 5) is 12.5. The molecule has 102 valence electrons. The van der Waals surface area contributed by atoms with E-state index in [2.05, 4.69) is 5.32 Å². The molecule has 0 spiro atoms. The Balaban J connectivity index is 2.06. The Hall–Kier alpha value is -1.46. The molecule has 4 nitrogen and oxygen atoms in total. The largest absolute Gasteiger partial charge is 0.389 e. The van der Waals surface area contributed by atoms with E-state index in [0.29, 0.717) is 11.6 Å². The van der Waals surface area contributed by atoms with Crippen LogP contribution in [-0.2, 0) is 9.53 Å². The van der Waals surface area contributed by atoms with Gasteiger partial charge in [0.15, 0.2) is 0 Å². The lowest BCUT2D eigenvalue weighted by molar-refractivity contribution is -0.121. The van der Waals surface area contributed by atoms with Crippen LogP contribution < -0.4 is 11.1 Å². The van der Waals surface area contributed by atoms with Gasteiger partial charge in [-0.25, -0.2) is 0 Å². The lowest BCUT2D eigenvalue weighted by atomic mass is 9.98. The van der Waals surface area contributed by atoms with Gasteiger partial charge in [-0.1, -0.05) is 31.3 Å². The highest BCUT2D eigenvalue weighted by Crippen LogP contribution is 2.25. The van der Waals surface area contributed by atoms with Crippen LogP contribution in [0.4, 0.5) is 5.69 Å². The molecule has 1 saturated heterocycles. The van der Waals surface area contributed by atoms with Crippen molar-refractivity contribution in [3.8, 4) is 0 Å². The topological polar surface area (TPSA) is 64.3 Å². The summed E-state index contributed by atoms with van der Waals surface area (Å²) in [6, 6.07) is 7.27. The average Bonchev–Trinajstić information content (AvgIpc) is 2.87. The monoisotopic (exact) mass is 278 g/mol. The van der Waals surface area contributed by atoms with Gasteiger partial charge in [0.1, 0.15) is 4.99 Å². The summed E-state index contributed by atoms with van der Waals surface area (Å²) in [6.45, 7) is 2.69. The molecule has 1 aliphatic heterocycles. The summed E-state index contributed by atoms with van der Waals surface area (Å²) in [5, 5.41) is 2.91. The van der Waals surface area contributed by atoms with Crippen molar-refractivity contribution in [2.75, 3.05) is 11.9 Å². The Morgan fingerprint density at radius 1 is 1.58 bits per heavy atom. The maximum absolute atomic E-state index is 12.2. The summed E-state index contributed by atoms with van der Waals surface area (Å²) in [6.07, 6.45) is 1.66. The number of nitrogens with one attached hydrogen (secondary N) is 1. The Morgan fingerprint density at radius 3 is 3.05 bits per heavy atom. The van der Waals surface area contributed by atoms with Crippen molar-refractivity contribution in [3.63, 3.8) is 0 Å². The highest BCUT2D eigenvalue weighted by molar-refractivity contribution is 7.80. The molecule has 19 heavy (non-hydrogen) atoms. The molecule has 0 aliphatic carbocycles. The maximum atomic E-state index is 12.2. The molecule has 1 aliphatic rings. The number of amides is 1. The van der Waals surface area contributed by atoms with Crippen LogP contribution in [0, 0.1) is 5.92 Å². The number of rotatable bonds is 4. The van der Waals surface area contributed by atoms with E-state index in [1.165, 1.54) is 0 Å². The molecule has 2 atom stereocenters. The number of nitrogens with two attached hydrogens (primary N) is 1. The number of benzene rings is 1. The molecule has 3 N–H and O–H groups in total. The highest BCUT2D eigenvalue weighted by atomic mass is 32.1. The Kier molecular flexibility index (Phi) is 4.50. The van der Waals surface area contributed by atoms with Crippen molar-refractivity contribution < 1.29 is 9.53 Å². The number of ether oxygens (including phenoxy) is 1. The number of thiocarbonyl (C=S) groups is 1. The van der Waals surface area contributed by atoms with Crippen LogP contribution in [0.1, 0.15) is 25.3 Å². The molecule has 1 fully saturated rings. The van der Waals surface area contributed by atoms with Crippen LogP contribution in [0.3, 0.4) is 0 Å². The van der Waals surface area contributed by atoms with Crippen LogP contribution in [-0.4, -0.2) is 23.6 Å². The average molecular weight is 278 g/mol. The second kappa shape index (κ2) is 6.12. The van der Waals surface area contributed by atoms with Crippen LogP contribution >= 0.6 is 12.2 Å². The number of anilines is 1. The second-order valence-electron chi connectivity index (χ2n) is 4.65. The molecule has 0 bridgehead atoms. The molecule has 1 aromatic rings. The Morgan fingerprint density at radius 2 is 2.37 bits per heavy atom. The van der Waals surface area contributed by atoms with E-state index in [4.69, 9.17) is 22.7 Å². The molecule has 5 heteroatoms. The molecule has 0 saturated carbocycles. The van der Waals surface area contributed by atoms with E-state index in [9.17, 15) is 4.79 Å². The molecular weight excluding hydrogens is 260 g/mol. The molecule has 0 aromatic heterocycles. The molecular formula is C14H18N2O2S. The van der Waals surface area contributed by atoms with E-state index < -0.39 is 0 Å². The molecule has 1 heterocycles. The first-order chi connectivity index (χ1) is 9.11. The first-order valence-electron chi connectivity index (χ1n) is 6.44. The van der Waals surface area contributed by atoms with Gasteiger partial charge in [-0.05, 0) is 25.0 Å². The van der Waals surface area contributed by atoms with Crippen molar-refractivity contribution in [3.05, 3.63) is 29.8 Å². The molecule has 1 amide bonds. The van der Waals surface area contributed by atoms with Crippen molar-refractivity contribution in [2.24, 2.45) is 11.7 Å². The summed E-state index contributed by atoms with van der Waals surface area (Å²) >= 11 is 4.93. The normalized spacial score (nSPS) is 22.2. The van der Waals surface area contributed by atoms with Gasteiger partial charge in [0.25, 0.3) is 0 Å². The van der Waals surface area contributed by atoms with Crippen molar-refractivity contribution in [2.45, 2.75) is 25.9 Å². The van der Waals surface area contributed by atoms with Crippen molar-refractivity contribution >= 4 is 28.8 Å². The van der Waals surface area contributed by atoms with E-state index in [1.54, 1.807) is 6.07 Å². The van der Waals surface area contributed by atoms with E-state index in [0.717, 1.165) is 24.1 Å². The number of carbonyl (C=O) groups is 1. The van der Waals surface area contributed by atoms with Gasteiger partial charge in [0.2, 0.25) is 5.91 Å². The third-order valence-corrected chi connectivity index (χ3v) is 3.60. The number of carbonyl (C=O) groups excluding carboxylic acids is 1. The minimum Gasteiger partial charge on any atom is -0.389 e. The van der Waals surface area contributed by atoms with E-state index in [-0.39, 0.29) is 17.9 Å². The summed E-state index contributed by atoms with van der Waals surface area (Å²) in [5.41, 5.74) is 7.05. The zero-order valence-electron chi connectivity index (χ0n) is 10.9. The molecule has 1 aromatic carbocycles. The first kappa shape index (κ1) is 14.0. The van der Waals surface area contributed by atoms with Crippen LogP contribution in [0.15, 0.2) is 24.3 Å². The van der Waals surface area contributed by atoms with E-state index in [1.807, 2.05) is 25.1 Å². The van der Waals surface area contributed by atoms with Gasteiger partial charge in [-0.15, -0.1) is 0 Å². The van der Waals surface area contributed by atoms with Gasteiger partial charge in [0, 0.05) is 17.9 Å². The SMILES string of the molecule is CCC1OCCC1C(=O)Nc1cccc(C(N)=S)c1. The zero-order chi connectivity index (χ0) is 13.8. The van der Waals surface area contributed by atoms with Crippen LogP contribution in [0.5, 0.6) is 0 Å². The van der Waals surface area contributed by atoms with Crippen LogP contribution in [0.2, 0.25) is 0 Å². The summed E-state index contributed by atoms with van der Waals surface area (Å²) in [5.74, 6) is -0.0667. The Bertz CT molecular complexity index is 490. The quantitative estimate of drug-likeness (QED) is 0.828.